The minimum Gasteiger partial charge on any atom is -0.455 e. The molecule has 4 aliphatic rings. The van der Waals surface area contributed by atoms with Crippen molar-refractivity contribution in [2.24, 2.45) is 17.8 Å². The van der Waals surface area contributed by atoms with Crippen LogP contribution in [-0.4, -0.2) is 22.3 Å². The van der Waals surface area contributed by atoms with E-state index >= 15 is 0 Å². The summed E-state index contributed by atoms with van der Waals surface area (Å²) >= 11 is 0. The Morgan fingerprint density at radius 1 is 1.28 bits per heavy atom. The van der Waals surface area contributed by atoms with Gasteiger partial charge >= 0.3 is 5.97 Å². The number of aliphatic hydroxyl groups is 1. The maximum atomic E-state index is 11.8. The van der Waals surface area contributed by atoms with Crippen LogP contribution in [0.4, 0.5) is 0 Å². The summed E-state index contributed by atoms with van der Waals surface area (Å²) in [7, 11) is 0. The van der Waals surface area contributed by atoms with Gasteiger partial charge in [0.25, 0.3) is 0 Å². The highest BCUT2D eigenvalue weighted by Crippen LogP contribution is 2.61. The summed E-state index contributed by atoms with van der Waals surface area (Å²) in [5, 5.41) is 10.5. The van der Waals surface area contributed by atoms with Crippen molar-refractivity contribution in [1.82, 2.24) is 0 Å². The molecule has 4 bridgehead atoms. The lowest BCUT2D eigenvalue weighted by molar-refractivity contribution is -0.233. The molecule has 4 aliphatic carbocycles. The molecule has 0 amide bonds. The molecule has 0 spiro atoms. The smallest absolute Gasteiger partial charge is 0.333 e. The van der Waals surface area contributed by atoms with Gasteiger partial charge in [-0.3, -0.25) is 0 Å². The Bertz CT molecular complexity index is 396. The first-order valence-electron chi connectivity index (χ1n) is 6.94. The molecule has 0 aromatic heterocycles. The van der Waals surface area contributed by atoms with Crippen LogP contribution < -0.4 is 0 Å². The van der Waals surface area contributed by atoms with Crippen molar-refractivity contribution in [3.63, 3.8) is 0 Å². The van der Waals surface area contributed by atoms with E-state index in [4.69, 9.17) is 4.74 Å². The molecule has 0 saturated heterocycles. The van der Waals surface area contributed by atoms with E-state index in [0.29, 0.717) is 23.3 Å². The molecule has 0 aromatic rings. The normalized spacial score (nSPS) is 49.2. The van der Waals surface area contributed by atoms with Gasteiger partial charge in [-0.15, -0.1) is 0 Å². The van der Waals surface area contributed by atoms with Gasteiger partial charge in [-0.05, 0) is 51.9 Å². The second kappa shape index (κ2) is 3.60. The number of carbonyl (C=O) groups excluding carboxylic acids is 1. The first-order chi connectivity index (χ1) is 8.32. The van der Waals surface area contributed by atoms with Gasteiger partial charge in [0.1, 0.15) is 5.60 Å². The Morgan fingerprint density at radius 3 is 2.28 bits per heavy atom. The SMILES string of the molecule is C=C(C)C(=O)OC1(C)C2CC3CC1CC(O)(C3)C2. The van der Waals surface area contributed by atoms with Gasteiger partial charge in [0.2, 0.25) is 0 Å². The molecule has 1 N–H and O–H groups in total. The topological polar surface area (TPSA) is 46.5 Å². The number of esters is 1. The van der Waals surface area contributed by atoms with Crippen LogP contribution in [-0.2, 0) is 9.53 Å². The standard InChI is InChI=1S/C15H22O3/c1-9(2)13(16)18-14(3)11-4-10-5-12(14)8-15(17,6-10)7-11/h10-12,17H,1,4-8H2,2-3H3. The van der Waals surface area contributed by atoms with Crippen molar-refractivity contribution in [3.05, 3.63) is 12.2 Å². The summed E-state index contributed by atoms with van der Waals surface area (Å²) < 4.78 is 5.77. The van der Waals surface area contributed by atoms with Gasteiger partial charge < -0.3 is 9.84 Å². The average Bonchev–Trinajstić information content (AvgIpc) is 2.23. The molecule has 100 valence electrons. The highest BCUT2D eigenvalue weighted by atomic mass is 16.6. The Hall–Kier alpha value is -0.830. The molecule has 2 atom stereocenters. The fourth-order valence-electron chi connectivity index (χ4n) is 4.60. The van der Waals surface area contributed by atoms with Crippen LogP contribution in [0.25, 0.3) is 0 Å². The quantitative estimate of drug-likeness (QED) is 0.605. The third kappa shape index (κ3) is 1.63. The summed E-state index contributed by atoms with van der Waals surface area (Å²) in [6.45, 7) is 7.41. The second-order valence-electron chi connectivity index (χ2n) is 6.92. The molecule has 0 aromatic carbocycles. The van der Waals surface area contributed by atoms with Crippen LogP contribution in [0, 0.1) is 17.8 Å². The van der Waals surface area contributed by atoms with Gasteiger partial charge in [0.15, 0.2) is 0 Å². The highest BCUT2D eigenvalue weighted by molar-refractivity contribution is 5.87. The molecule has 4 fully saturated rings. The van der Waals surface area contributed by atoms with Crippen LogP contribution >= 0.6 is 0 Å². The maximum absolute atomic E-state index is 11.8. The minimum atomic E-state index is -0.481. The zero-order chi connectivity index (χ0) is 13.1. The first kappa shape index (κ1) is 12.2. The van der Waals surface area contributed by atoms with E-state index in [0.717, 1.165) is 32.1 Å². The average molecular weight is 250 g/mol. The summed E-state index contributed by atoms with van der Waals surface area (Å²) in [6.07, 6.45) is 4.72. The molecule has 4 saturated carbocycles. The fraction of sp³-hybridized carbons (Fsp3) is 0.800. The lowest BCUT2D eigenvalue weighted by Crippen LogP contribution is -2.63. The van der Waals surface area contributed by atoms with Crippen LogP contribution in [0.15, 0.2) is 12.2 Å². The highest BCUT2D eigenvalue weighted by Gasteiger charge is 2.61. The summed E-state index contributed by atoms with van der Waals surface area (Å²) in [4.78, 5) is 11.8. The van der Waals surface area contributed by atoms with Gasteiger partial charge in [-0.25, -0.2) is 4.79 Å². The first-order valence-corrected chi connectivity index (χ1v) is 6.94. The van der Waals surface area contributed by atoms with Crippen molar-refractivity contribution >= 4 is 5.97 Å². The van der Waals surface area contributed by atoms with Crippen molar-refractivity contribution < 1.29 is 14.6 Å². The number of carbonyl (C=O) groups is 1. The third-order valence-electron chi connectivity index (χ3n) is 5.44. The van der Waals surface area contributed by atoms with Crippen LogP contribution in [0.5, 0.6) is 0 Å². The van der Waals surface area contributed by atoms with Crippen LogP contribution in [0.3, 0.4) is 0 Å². The van der Waals surface area contributed by atoms with Gasteiger partial charge in [0, 0.05) is 17.4 Å². The lowest BCUT2D eigenvalue weighted by atomic mass is 9.48. The summed E-state index contributed by atoms with van der Waals surface area (Å²) in [5.41, 5.74) is -0.408. The minimum absolute atomic E-state index is 0.281. The van der Waals surface area contributed by atoms with E-state index in [2.05, 4.69) is 13.5 Å². The number of rotatable bonds is 2. The van der Waals surface area contributed by atoms with E-state index in [9.17, 15) is 9.90 Å². The molecule has 0 aliphatic heterocycles. The monoisotopic (exact) mass is 250 g/mol. The second-order valence-corrected chi connectivity index (χ2v) is 6.92. The molecule has 4 rings (SSSR count). The number of ether oxygens (including phenoxy) is 1. The van der Waals surface area contributed by atoms with Crippen molar-refractivity contribution in [2.75, 3.05) is 0 Å². The molecule has 3 nitrogen and oxygen atoms in total. The molecule has 18 heavy (non-hydrogen) atoms. The molecule has 0 radical (unpaired) electrons. The Kier molecular flexibility index (Phi) is 2.44. The molecular formula is C15H22O3. The Morgan fingerprint density at radius 2 is 1.83 bits per heavy atom. The molecular weight excluding hydrogens is 228 g/mol. The Labute approximate surface area is 108 Å². The van der Waals surface area contributed by atoms with E-state index < -0.39 is 5.60 Å². The molecule has 2 unspecified atom stereocenters. The van der Waals surface area contributed by atoms with E-state index in [1.54, 1.807) is 6.92 Å². The van der Waals surface area contributed by atoms with E-state index in [1.165, 1.54) is 0 Å². The predicted molar refractivity (Wildman–Crippen MR) is 67.8 cm³/mol. The summed E-state index contributed by atoms with van der Waals surface area (Å²) in [6, 6.07) is 0. The largest absolute Gasteiger partial charge is 0.455 e. The van der Waals surface area contributed by atoms with E-state index in [-0.39, 0.29) is 11.6 Å². The predicted octanol–water partition coefficient (Wildman–Crippen LogP) is 2.44. The Balaban J connectivity index is 1.85. The zero-order valence-corrected chi connectivity index (χ0v) is 11.2. The van der Waals surface area contributed by atoms with Gasteiger partial charge in [-0.2, -0.15) is 0 Å². The van der Waals surface area contributed by atoms with Crippen molar-refractivity contribution in [1.29, 1.82) is 0 Å². The van der Waals surface area contributed by atoms with Gasteiger partial charge in [0.05, 0.1) is 5.60 Å². The van der Waals surface area contributed by atoms with Crippen molar-refractivity contribution in [2.45, 2.75) is 57.2 Å². The lowest BCUT2D eigenvalue weighted by Gasteiger charge is -2.61. The summed E-state index contributed by atoms with van der Waals surface area (Å²) in [5.74, 6) is 0.982. The molecule has 0 heterocycles. The fourth-order valence-corrected chi connectivity index (χ4v) is 4.60. The van der Waals surface area contributed by atoms with Gasteiger partial charge in [-0.1, -0.05) is 6.58 Å². The number of hydrogen-bond donors (Lipinski definition) is 1. The third-order valence-corrected chi connectivity index (χ3v) is 5.44. The van der Waals surface area contributed by atoms with E-state index in [1.807, 2.05) is 0 Å². The zero-order valence-electron chi connectivity index (χ0n) is 11.2. The molecule has 3 heteroatoms. The van der Waals surface area contributed by atoms with Crippen molar-refractivity contribution in [3.8, 4) is 0 Å². The number of hydrogen-bond acceptors (Lipinski definition) is 3. The van der Waals surface area contributed by atoms with Crippen LogP contribution in [0.2, 0.25) is 0 Å². The van der Waals surface area contributed by atoms with Crippen LogP contribution in [0.1, 0.15) is 46.0 Å². The maximum Gasteiger partial charge on any atom is 0.333 e.